The van der Waals surface area contributed by atoms with Crippen LogP contribution in [0.4, 0.5) is 4.39 Å². The first-order valence-corrected chi connectivity index (χ1v) is 10.8. The van der Waals surface area contributed by atoms with Crippen LogP contribution in [0.25, 0.3) is 0 Å². The number of hydrogen-bond donors (Lipinski definition) is 0. The van der Waals surface area contributed by atoms with Crippen molar-refractivity contribution >= 4 is 11.6 Å². The molecule has 5 nitrogen and oxygen atoms in total. The molecule has 1 aromatic heterocycles. The average molecular weight is 432 g/mol. The van der Waals surface area contributed by atoms with E-state index in [0.717, 1.165) is 16.8 Å². The van der Waals surface area contributed by atoms with Gasteiger partial charge in [-0.3, -0.25) is 9.78 Å². The number of rotatable bonds is 8. The van der Waals surface area contributed by atoms with E-state index in [0.29, 0.717) is 43.9 Å². The predicted octanol–water partition coefficient (Wildman–Crippen LogP) is 4.68. The van der Waals surface area contributed by atoms with Crippen LogP contribution in [0.2, 0.25) is 0 Å². The van der Waals surface area contributed by atoms with Crippen LogP contribution in [-0.2, 0) is 22.6 Å². The van der Waals surface area contributed by atoms with Gasteiger partial charge in [-0.15, -0.1) is 0 Å². The zero-order valence-electron chi connectivity index (χ0n) is 18.1. The van der Waals surface area contributed by atoms with Gasteiger partial charge in [0, 0.05) is 18.5 Å². The van der Waals surface area contributed by atoms with Crippen molar-refractivity contribution < 1.29 is 13.9 Å². The molecule has 0 aliphatic carbocycles. The molecular weight excluding hydrogens is 405 g/mol. The fourth-order valence-electron chi connectivity index (χ4n) is 3.72. The van der Waals surface area contributed by atoms with Gasteiger partial charge in [-0.2, -0.15) is 5.10 Å². The van der Waals surface area contributed by atoms with E-state index in [1.165, 1.54) is 12.1 Å². The van der Waals surface area contributed by atoms with Crippen LogP contribution in [0.3, 0.4) is 0 Å². The Labute approximate surface area is 187 Å². The molecule has 2 aromatic carbocycles. The summed E-state index contributed by atoms with van der Waals surface area (Å²) in [6.45, 7) is 2.82. The van der Waals surface area contributed by atoms with Crippen molar-refractivity contribution in [3.05, 3.63) is 101 Å². The zero-order valence-corrected chi connectivity index (χ0v) is 18.1. The van der Waals surface area contributed by atoms with Gasteiger partial charge in [0.2, 0.25) is 5.91 Å². The van der Waals surface area contributed by atoms with Crippen LogP contribution in [0.1, 0.15) is 35.4 Å². The van der Waals surface area contributed by atoms with Crippen molar-refractivity contribution in [1.29, 1.82) is 0 Å². The maximum absolute atomic E-state index is 13.4. The highest BCUT2D eigenvalue weighted by molar-refractivity contribution is 6.01. The normalized spacial score (nSPS) is 16.6. The fourth-order valence-corrected chi connectivity index (χ4v) is 3.72. The standard InChI is InChI=1S/C26H26FN3O2/c1-19-6-5-9-24(28-19)25(16-20-10-12-22(27)13-11-20)29-30-23(14-15-26(30)31)18-32-17-21-7-3-2-4-8-21/h2-13,23H,14-18H2,1H3/t23-/m1/s1. The second-order valence-corrected chi connectivity index (χ2v) is 7.95. The lowest BCUT2D eigenvalue weighted by Crippen LogP contribution is -2.33. The number of ether oxygens (including phenoxy) is 1. The second-order valence-electron chi connectivity index (χ2n) is 7.95. The molecule has 0 spiro atoms. The molecule has 4 rings (SSSR count). The van der Waals surface area contributed by atoms with E-state index in [2.05, 4.69) is 4.98 Å². The van der Waals surface area contributed by atoms with Crippen molar-refractivity contribution in [3.63, 3.8) is 0 Å². The second kappa shape index (κ2) is 10.3. The molecule has 0 bridgehead atoms. The van der Waals surface area contributed by atoms with E-state index < -0.39 is 0 Å². The van der Waals surface area contributed by atoms with E-state index >= 15 is 0 Å². The Morgan fingerprint density at radius 2 is 1.84 bits per heavy atom. The van der Waals surface area contributed by atoms with Gasteiger partial charge in [0.1, 0.15) is 5.82 Å². The quantitative estimate of drug-likeness (QED) is 0.487. The summed E-state index contributed by atoms with van der Waals surface area (Å²) in [6.07, 6.45) is 1.58. The topological polar surface area (TPSA) is 54.8 Å². The molecular formula is C26H26FN3O2. The van der Waals surface area contributed by atoms with Gasteiger partial charge in [-0.1, -0.05) is 48.5 Å². The van der Waals surface area contributed by atoms with Gasteiger partial charge in [0.05, 0.1) is 30.7 Å². The fraction of sp³-hybridized carbons (Fsp3) is 0.269. The van der Waals surface area contributed by atoms with Gasteiger partial charge < -0.3 is 4.74 Å². The first kappa shape index (κ1) is 21.8. The Hall–Kier alpha value is -3.38. The molecule has 6 heteroatoms. The van der Waals surface area contributed by atoms with E-state index in [9.17, 15) is 9.18 Å². The van der Waals surface area contributed by atoms with Crippen molar-refractivity contribution in [2.75, 3.05) is 6.61 Å². The third-order valence-corrected chi connectivity index (χ3v) is 5.41. The van der Waals surface area contributed by atoms with Crippen molar-refractivity contribution in [2.24, 2.45) is 5.10 Å². The molecule has 2 heterocycles. The van der Waals surface area contributed by atoms with Gasteiger partial charge in [0.15, 0.2) is 0 Å². The van der Waals surface area contributed by atoms with Crippen molar-refractivity contribution in [2.45, 2.75) is 38.8 Å². The minimum atomic E-state index is -0.286. The van der Waals surface area contributed by atoms with E-state index in [1.807, 2.05) is 55.5 Å². The van der Waals surface area contributed by atoms with Crippen LogP contribution in [0.5, 0.6) is 0 Å². The van der Waals surface area contributed by atoms with Gasteiger partial charge in [0.25, 0.3) is 0 Å². The first-order valence-electron chi connectivity index (χ1n) is 10.8. The SMILES string of the molecule is Cc1cccc(C(Cc2ccc(F)cc2)=NN2C(=O)CC[C@@H]2COCc2ccccc2)n1. The number of hydrogen-bond acceptors (Lipinski definition) is 4. The largest absolute Gasteiger partial charge is 0.375 e. The van der Waals surface area contributed by atoms with Crippen LogP contribution in [0, 0.1) is 12.7 Å². The Balaban J connectivity index is 1.55. The van der Waals surface area contributed by atoms with E-state index in [-0.39, 0.29) is 17.8 Å². The lowest BCUT2D eigenvalue weighted by molar-refractivity contribution is -0.129. The number of amides is 1. The predicted molar refractivity (Wildman–Crippen MR) is 122 cm³/mol. The number of benzene rings is 2. The Morgan fingerprint density at radius 1 is 1.06 bits per heavy atom. The van der Waals surface area contributed by atoms with Crippen molar-refractivity contribution in [1.82, 2.24) is 9.99 Å². The average Bonchev–Trinajstić information content (AvgIpc) is 3.15. The van der Waals surface area contributed by atoms with E-state index in [1.54, 1.807) is 17.1 Å². The highest BCUT2D eigenvalue weighted by Crippen LogP contribution is 2.22. The van der Waals surface area contributed by atoms with Gasteiger partial charge in [-0.25, -0.2) is 9.40 Å². The molecule has 0 N–H and O–H groups in total. The smallest absolute Gasteiger partial charge is 0.243 e. The minimum absolute atomic E-state index is 0.0254. The molecule has 0 radical (unpaired) electrons. The Bertz CT molecular complexity index is 1080. The first-order chi connectivity index (χ1) is 15.6. The number of hydrazone groups is 1. The Kier molecular flexibility index (Phi) is 7.02. The Morgan fingerprint density at radius 3 is 2.59 bits per heavy atom. The molecule has 0 saturated carbocycles. The van der Waals surface area contributed by atoms with Crippen LogP contribution in [0.15, 0.2) is 77.9 Å². The van der Waals surface area contributed by atoms with Crippen LogP contribution >= 0.6 is 0 Å². The molecule has 1 amide bonds. The summed E-state index contributed by atoms with van der Waals surface area (Å²) in [7, 11) is 0. The molecule has 1 fully saturated rings. The third kappa shape index (κ3) is 5.65. The molecule has 32 heavy (non-hydrogen) atoms. The molecule has 1 saturated heterocycles. The summed E-state index contributed by atoms with van der Waals surface area (Å²) < 4.78 is 19.3. The van der Waals surface area contributed by atoms with Crippen LogP contribution in [-0.4, -0.2) is 34.3 Å². The maximum atomic E-state index is 13.4. The molecule has 1 aliphatic heterocycles. The van der Waals surface area contributed by atoms with Crippen molar-refractivity contribution in [3.8, 4) is 0 Å². The lowest BCUT2D eigenvalue weighted by Gasteiger charge is -2.21. The summed E-state index contributed by atoms with van der Waals surface area (Å²) in [4.78, 5) is 17.2. The van der Waals surface area contributed by atoms with Crippen LogP contribution < -0.4 is 0 Å². The van der Waals surface area contributed by atoms with Gasteiger partial charge >= 0.3 is 0 Å². The number of carbonyl (C=O) groups excluding carboxylic acids is 1. The number of aromatic nitrogens is 1. The molecule has 3 aromatic rings. The number of aryl methyl sites for hydroxylation is 1. The summed E-state index contributed by atoms with van der Waals surface area (Å²) in [5, 5.41) is 6.31. The molecule has 1 aliphatic rings. The highest BCUT2D eigenvalue weighted by Gasteiger charge is 2.32. The number of pyridine rings is 1. The summed E-state index contributed by atoms with van der Waals surface area (Å²) >= 11 is 0. The van der Waals surface area contributed by atoms with E-state index in [4.69, 9.17) is 9.84 Å². The lowest BCUT2D eigenvalue weighted by atomic mass is 10.1. The summed E-state index contributed by atoms with van der Waals surface area (Å²) in [5.41, 5.74) is 4.23. The number of halogens is 1. The minimum Gasteiger partial charge on any atom is -0.375 e. The summed E-state index contributed by atoms with van der Waals surface area (Å²) in [5.74, 6) is -0.311. The molecule has 164 valence electrons. The monoisotopic (exact) mass is 431 g/mol. The summed E-state index contributed by atoms with van der Waals surface area (Å²) in [6, 6.07) is 21.9. The van der Waals surface area contributed by atoms with Gasteiger partial charge in [-0.05, 0) is 48.7 Å². The molecule has 0 unspecified atom stereocenters. The maximum Gasteiger partial charge on any atom is 0.243 e. The third-order valence-electron chi connectivity index (χ3n) is 5.41. The molecule has 1 atom stereocenters. The zero-order chi connectivity index (χ0) is 22.3. The number of nitrogens with zero attached hydrogens (tertiary/aromatic N) is 3. The highest BCUT2D eigenvalue weighted by atomic mass is 19.1. The number of carbonyl (C=O) groups is 1.